The first kappa shape index (κ1) is 8.26. The molecule has 0 atom stereocenters. The van der Waals surface area contributed by atoms with Gasteiger partial charge in [-0.25, -0.2) is 0 Å². The summed E-state index contributed by atoms with van der Waals surface area (Å²) in [4.78, 5) is 0. The van der Waals surface area contributed by atoms with Crippen LogP contribution in [0.5, 0.6) is 5.75 Å². The molecule has 0 saturated carbocycles. The lowest BCUT2D eigenvalue weighted by Crippen LogP contribution is -2.38. The summed E-state index contributed by atoms with van der Waals surface area (Å²) in [5.74, 6) is 1.03. The fraction of sp³-hybridized carbons (Fsp3) is 0.455. The maximum absolute atomic E-state index is 5.83. The van der Waals surface area contributed by atoms with E-state index in [1.165, 1.54) is 11.1 Å². The van der Waals surface area contributed by atoms with E-state index in [2.05, 4.69) is 17.4 Å². The Morgan fingerprint density at radius 2 is 2.21 bits per heavy atom. The van der Waals surface area contributed by atoms with Crippen LogP contribution in [0.2, 0.25) is 0 Å². The lowest BCUT2D eigenvalue weighted by Gasteiger charge is -2.27. The van der Waals surface area contributed by atoms with Gasteiger partial charge in [-0.3, -0.25) is 0 Å². The van der Waals surface area contributed by atoms with Crippen LogP contribution in [0.4, 0.5) is 0 Å². The van der Waals surface area contributed by atoms with Crippen molar-refractivity contribution in [2.75, 3.05) is 13.2 Å². The Labute approximate surface area is 83.0 Å². The SMILES string of the molecule is c1cc2c(c(OC3COC3)c1)CNC2. The minimum atomic E-state index is 0.266. The van der Waals surface area contributed by atoms with E-state index >= 15 is 0 Å². The van der Waals surface area contributed by atoms with Gasteiger partial charge in [0.1, 0.15) is 11.9 Å². The molecule has 3 nitrogen and oxygen atoms in total. The van der Waals surface area contributed by atoms with Gasteiger partial charge in [0, 0.05) is 18.7 Å². The van der Waals surface area contributed by atoms with Gasteiger partial charge in [-0.05, 0) is 11.6 Å². The van der Waals surface area contributed by atoms with E-state index < -0.39 is 0 Å². The fourth-order valence-corrected chi connectivity index (χ4v) is 1.87. The zero-order valence-corrected chi connectivity index (χ0v) is 7.95. The quantitative estimate of drug-likeness (QED) is 0.758. The molecule has 2 heterocycles. The van der Waals surface area contributed by atoms with E-state index in [0.717, 1.165) is 32.1 Å². The predicted molar refractivity (Wildman–Crippen MR) is 52.2 cm³/mol. The Morgan fingerprint density at radius 3 is 3.00 bits per heavy atom. The second kappa shape index (κ2) is 3.26. The molecular formula is C11H13NO2. The van der Waals surface area contributed by atoms with Gasteiger partial charge in [-0.2, -0.15) is 0 Å². The van der Waals surface area contributed by atoms with E-state index in [-0.39, 0.29) is 6.10 Å². The number of hydrogen-bond acceptors (Lipinski definition) is 3. The standard InChI is InChI=1S/C11H13NO2/c1-2-8-4-12-5-10(8)11(3-1)14-9-6-13-7-9/h1-3,9,12H,4-7H2. The van der Waals surface area contributed by atoms with Gasteiger partial charge in [0.2, 0.25) is 0 Å². The van der Waals surface area contributed by atoms with Crippen molar-refractivity contribution in [2.24, 2.45) is 0 Å². The monoisotopic (exact) mass is 191 g/mol. The van der Waals surface area contributed by atoms with Crippen LogP contribution >= 0.6 is 0 Å². The Balaban J connectivity index is 1.85. The molecule has 3 rings (SSSR count). The number of nitrogens with one attached hydrogen (secondary N) is 1. The number of ether oxygens (including phenoxy) is 2. The average Bonchev–Trinajstić information content (AvgIpc) is 2.59. The van der Waals surface area contributed by atoms with Crippen molar-refractivity contribution in [2.45, 2.75) is 19.2 Å². The highest BCUT2D eigenvalue weighted by Gasteiger charge is 2.23. The Morgan fingerprint density at radius 1 is 1.29 bits per heavy atom. The van der Waals surface area contributed by atoms with Crippen molar-refractivity contribution in [1.29, 1.82) is 0 Å². The molecule has 3 heteroatoms. The molecule has 1 N–H and O–H groups in total. The molecule has 0 bridgehead atoms. The van der Waals surface area contributed by atoms with Crippen molar-refractivity contribution >= 4 is 0 Å². The van der Waals surface area contributed by atoms with Crippen molar-refractivity contribution in [3.8, 4) is 5.75 Å². The second-order valence-electron chi connectivity index (χ2n) is 3.77. The summed E-state index contributed by atoms with van der Waals surface area (Å²) in [6.45, 7) is 3.36. The third-order valence-electron chi connectivity index (χ3n) is 2.75. The van der Waals surface area contributed by atoms with Crippen LogP contribution in [0.1, 0.15) is 11.1 Å². The van der Waals surface area contributed by atoms with Crippen LogP contribution in [0.15, 0.2) is 18.2 Å². The molecule has 1 aromatic rings. The van der Waals surface area contributed by atoms with Gasteiger partial charge in [0.25, 0.3) is 0 Å². The number of benzene rings is 1. The molecule has 0 amide bonds. The maximum Gasteiger partial charge on any atom is 0.145 e. The zero-order chi connectivity index (χ0) is 9.38. The van der Waals surface area contributed by atoms with Crippen molar-refractivity contribution in [3.63, 3.8) is 0 Å². The zero-order valence-electron chi connectivity index (χ0n) is 7.95. The molecule has 1 fully saturated rings. The Kier molecular flexibility index (Phi) is 1.92. The summed E-state index contributed by atoms with van der Waals surface area (Å²) < 4.78 is 10.9. The minimum absolute atomic E-state index is 0.266. The highest BCUT2D eigenvalue weighted by atomic mass is 16.6. The number of rotatable bonds is 2. The summed E-state index contributed by atoms with van der Waals surface area (Å²) in [6.07, 6.45) is 0.266. The Hall–Kier alpha value is -1.06. The topological polar surface area (TPSA) is 30.5 Å². The minimum Gasteiger partial charge on any atom is -0.485 e. The first-order valence-electron chi connectivity index (χ1n) is 4.99. The van der Waals surface area contributed by atoms with E-state index in [1.807, 2.05) is 6.07 Å². The summed E-state index contributed by atoms with van der Waals surface area (Å²) >= 11 is 0. The van der Waals surface area contributed by atoms with Crippen LogP contribution in [-0.2, 0) is 17.8 Å². The van der Waals surface area contributed by atoms with Crippen LogP contribution in [-0.4, -0.2) is 19.3 Å². The smallest absolute Gasteiger partial charge is 0.145 e. The third-order valence-corrected chi connectivity index (χ3v) is 2.75. The lowest BCUT2D eigenvalue weighted by molar-refractivity contribution is -0.0799. The molecular weight excluding hydrogens is 178 g/mol. The van der Waals surface area contributed by atoms with Crippen molar-refractivity contribution in [1.82, 2.24) is 5.32 Å². The second-order valence-corrected chi connectivity index (χ2v) is 3.77. The van der Waals surface area contributed by atoms with E-state index in [9.17, 15) is 0 Å². The lowest BCUT2D eigenvalue weighted by atomic mass is 10.1. The van der Waals surface area contributed by atoms with E-state index in [0.29, 0.717) is 0 Å². The maximum atomic E-state index is 5.83. The van der Waals surface area contributed by atoms with Crippen LogP contribution in [0.25, 0.3) is 0 Å². The van der Waals surface area contributed by atoms with Gasteiger partial charge >= 0.3 is 0 Å². The summed E-state index contributed by atoms with van der Waals surface area (Å²) in [5.41, 5.74) is 2.68. The first-order valence-corrected chi connectivity index (χ1v) is 4.99. The molecule has 14 heavy (non-hydrogen) atoms. The van der Waals surface area contributed by atoms with Crippen molar-refractivity contribution in [3.05, 3.63) is 29.3 Å². The number of fused-ring (bicyclic) bond motifs is 1. The van der Waals surface area contributed by atoms with Gasteiger partial charge < -0.3 is 14.8 Å². The molecule has 1 saturated heterocycles. The van der Waals surface area contributed by atoms with E-state index in [1.54, 1.807) is 0 Å². The van der Waals surface area contributed by atoms with Crippen LogP contribution < -0.4 is 10.1 Å². The van der Waals surface area contributed by atoms with E-state index in [4.69, 9.17) is 9.47 Å². The Bertz CT molecular complexity index is 347. The van der Waals surface area contributed by atoms with Gasteiger partial charge in [0.15, 0.2) is 0 Å². The molecule has 2 aliphatic heterocycles. The van der Waals surface area contributed by atoms with Gasteiger partial charge in [-0.1, -0.05) is 12.1 Å². The summed E-state index contributed by atoms with van der Waals surface area (Å²) in [6, 6.07) is 6.25. The van der Waals surface area contributed by atoms with Crippen LogP contribution in [0, 0.1) is 0 Å². The molecule has 0 aliphatic carbocycles. The molecule has 74 valence electrons. The molecule has 0 aromatic heterocycles. The largest absolute Gasteiger partial charge is 0.485 e. The molecule has 0 radical (unpaired) electrons. The third kappa shape index (κ3) is 1.29. The highest BCUT2D eigenvalue weighted by molar-refractivity contribution is 5.42. The summed E-state index contributed by atoms with van der Waals surface area (Å²) in [7, 11) is 0. The van der Waals surface area contributed by atoms with Crippen LogP contribution in [0.3, 0.4) is 0 Å². The van der Waals surface area contributed by atoms with Gasteiger partial charge in [-0.15, -0.1) is 0 Å². The molecule has 0 unspecified atom stereocenters. The predicted octanol–water partition coefficient (Wildman–Crippen LogP) is 1.07. The molecule has 1 aromatic carbocycles. The highest BCUT2D eigenvalue weighted by Crippen LogP contribution is 2.27. The summed E-state index contributed by atoms with van der Waals surface area (Å²) in [5, 5.41) is 3.33. The molecule has 0 spiro atoms. The molecule has 2 aliphatic rings. The fourth-order valence-electron chi connectivity index (χ4n) is 1.87. The van der Waals surface area contributed by atoms with Crippen molar-refractivity contribution < 1.29 is 9.47 Å². The average molecular weight is 191 g/mol. The first-order chi connectivity index (χ1) is 6.93. The van der Waals surface area contributed by atoms with Gasteiger partial charge in [0.05, 0.1) is 13.2 Å². The normalized spacial score (nSPS) is 20.3. The number of hydrogen-bond donors (Lipinski definition) is 1.